The lowest BCUT2D eigenvalue weighted by Crippen LogP contribution is -2.21. The van der Waals surface area contributed by atoms with Gasteiger partial charge in [-0.25, -0.2) is 0 Å². The minimum absolute atomic E-state index is 0.00243. The second kappa shape index (κ2) is 9.08. The van der Waals surface area contributed by atoms with Crippen LogP contribution in [0.4, 0.5) is 5.69 Å². The van der Waals surface area contributed by atoms with Crippen LogP contribution in [0.5, 0.6) is 11.5 Å². The number of esters is 1. The summed E-state index contributed by atoms with van der Waals surface area (Å²) in [5, 5.41) is 11.4. The lowest BCUT2D eigenvalue weighted by Gasteiger charge is -2.10. The molecule has 0 aliphatic heterocycles. The first kappa shape index (κ1) is 18.8. The van der Waals surface area contributed by atoms with E-state index in [4.69, 9.17) is 19.5 Å². The number of hydrogen-bond acceptors (Lipinski definition) is 6. The Bertz CT molecular complexity index is 842. The third-order valence-corrected chi connectivity index (χ3v) is 3.44. The highest BCUT2D eigenvalue weighted by atomic mass is 16.5. The lowest BCUT2D eigenvalue weighted by molar-refractivity contribution is -0.146. The maximum atomic E-state index is 11.9. The molecule has 0 aliphatic carbocycles. The van der Waals surface area contributed by atoms with E-state index in [1.165, 1.54) is 20.3 Å². The minimum atomic E-state index is -0.543. The van der Waals surface area contributed by atoms with Crippen molar-refractivity contribution in [3.8, 4) is 17.6 Å². The van der Waals surface area contributed by atoms with Crippen LogP contribution in [0.3, 0.4) is 0 Å². The fourth-order valence-corrected chi connectivity index (χ4v) is 2.22. The number of carbonyl (C=O) groups is 2. The smallest absolute Gasteiger partial charge is 0.310 e. The Morgan fingerprint density at radius 3 is 2.54 bits per heavy atom. The van der Waals surface area contributed by atoms with Gasteiger partial charge in [-0.2, -0.15) is 5.26 Å². The third-order valence-electron chi connectivity index (χ3n) is 3.44. The first-order valence-corrected chi connectivity index (χ1v) is 7.72. The molecule has 2 aromatic rings. The fourth-order valence-electron chi connectivity index (χ4n) is 2.22. The number of carbonyl (C=O) groups excluding carboxylic acids is 2. The molecule has 0 radical (unpaired) electrons. The molecule has 1 N–H and O–H groups in total. The van der Waals surface area contributed by atoms with Gasteiger partial charge in [-0.1, -0.05) is 12.1 Å². The summed E-state index contributed by atoms with van der Waals surface area (Å²) in [7, 11) is 3.03. The molecule has 134 valence electrons. The summed E-state index contributed by atoms with van der Waals surface area (Å²) in [6.45, 7) is -0.414. The molecule has 0 bridgehead atoms. The van der Waals surface area contributed by atoms with Crippen molar-refractivity contribution in [2.24, 2.45) is 0 Å². The van der Waals surface area contributed by atoms with Gasteiger partial charge in [0.2, 0.25) is 0 Å². The maximum absolute atomic E-state index is 11.9. The molecule has 26 heavy (non-hydrogen) atoms. The predicted octanol–water partition coefficient (Wildman–Crippen LogP) is 2.30. The van der Waals surface area contributed by atoms with Crippen LogP contribution in [-0.4, -0.2) is 32.7 Å². The van der Waals surface area contributed by atoms with Crippen molar-refractivity contribution in [3.63, 3.8) is 0 Å². The van der Waals surface area contributed by atoms with Gasteiger partial charge in [0, 0.05) is 5.69 Å². The Balaban J connectivity index is 1.86. The van der Waals surface area contributed by atoms with Crippen LogP contribution < -0.4 is 14.8 Å². The Hall–Kier alpha value is -3.53. The molecule has 7 heteroatoms. The van der Waals surface area contributed by atoms with Crippen molar-refractivity contribution in [3.05, 3.63) is 53.6 Å². The molecule has 0 aromatic heterocycles. The Morgan fingerprint density at radius 2 is 1.85 bits per heavy atom. The van der Waals surface area contributed by atoms with Crippen LogP contribution >= 0.6 is 0 Å². The van der Waals surface area contributed by atoms with Crippen molar-refractivity contribution in [1.29, 1.82) is 5.26 Å². The van der Waals surface area contributed by atoms with Gasteiger partial charge in [-0.3, -0.25) is 9.59 Å². The minimum Gasteiger partial charge on any atom is -0.493 e. The first-order chi connectivity index (χ1) is 12.5. The molecule has 0 atom stereocenters. The van der Waals surface area contributed by atoms with Crippen molar-refractivity contribution in [2.45, 2.75) is 6.42 Å². The van der Waals surface area contributed by atoms with Crippen LogP contribution in [0, 0.1) is 11.3 Å². The highest BCUT2D eigenvalue weighted by molar-refractivity contribution is 5.93. The highest BCUT2D eigenvalue weighted by Crippen LogP contribution is 2.27. The maximum Gasteiger partial charge on any atom is 0.310 e. The third kappa shape index (κ3) is 5.24. The van der Waals surface area contributed by atoms with E-state index < -0.39 is 18.5 Å². The molecule has 0 fully saturated rings. The summed E-state index contributed by atoms with van der Waals surface area (Å²) in [4.78, 5) is 23.8. The van der Waals surface area contributed by atoms with Gasteiger partial charge in [-0.05, 0) is 35.9 Å². The molecule has 0 heterocycles. The molecule has 1 amide bonds. The lowest BCUT2D eigenvalue weighted by atomic mass is 10.1. The molecule has 0 saturated carbocycles. The average Bonchev–Trinajstić information content (AvgIpc) is 2.66. The van der Waals surface area contributed by atoms with Crippen LogP contribution in [0.15, 0.2) is 42.5 Å². The van der Waals surface area contributed by atoms with Gasteiger partial charge in [0.15, 0.2) is 18.1 Å². The number of nitriles is 1. The average molecular weight is 354 g/mol. The zero-order chi connectivity index (χ0) is 18.9. The van der Waals surface area contributed by atoms with Crippen molar-refractivity contribution in [2.75, 3.05) is 26.1 Å². The second-order valence-corrected chi connectivity index (χ2v) is 5.27. The molecule has 0 aliphatic rings. The molecule has 0 unspecified atom stereocenters. The Kier molecular flexibility index (Phi) is 6.57. The number of anilines is 1. The van der Waals surface area contributed by atoms with Gasteiger partial charge in [0.25, 0.3) is 5.91 Å². The standard InChI is InChI=1S/C19H18N2O5/c1-24-16-7-6-13(9-17(16)25-2)10-19(23)26-12-18(22)21-15-5-3-4-14(8-15)11-20/h3-9H,10,12H2,1-2H3,(H,21,22). The van der Waals surface area contributed by atoms with E-state index in [0.717, 1.165) is 0 Å². The SMILES string of the molecule is COc1ccc(CC(=O)OCC(=O)Nc2cccc(C#N)c2)cc1OC. The van der Waals surface area contributed by atoms with Crippen molar-refractivity contribution in [1.82, 2.24) is 0 Å². The van der Waals surface area contributed by atoms with E-state index in [0.29, 0.717) is 28.3 Å². The van der Waals surface area contributed by atoms with Crippen molar-refractivity contribution >= 4 is 17.6 Å². The van der Waals surface area contributed by atoms with E-state index in [-0.39, 0.29) is 6.42 Å². The van der Waals surface area contributed by atoms with Crippen LogP contribution in [0.25, 0.3) is 0 Å². The molecule has 0 saturated heterocycles. The van der Waals surface area contributed by atoms with Gasteiger partial charge in [0.1, 0.15) is 0 Å². The summed E-state index contributed by atoms with van der Waals surface area (Å²) >= 11 is 0. The number of hydrogen-bond donors (Lipinski definition) is 1. The number of nitrogens with one attached hydrogen (secondary N) is 1. The van der Waals surface area contributed by atoms with Gasteiger partial charge in [0.05, 0.1) is 32.3 Å². The summed E-state index contributed by atoms with van der Waals surface area (Å²) < 4.78 is 15.3. The van der Waals surface area contributed by atoms with Gasteiger partial charge < -0.3 is 19.5 Å². The Labute approximate surface area is 151 Å². The number of methoxy groups -OCH3 is 2. The largest absolute Gasteiger partial charge is 0.493 e. The number of amides is 1. The zero-order valence-corrected chi connectivity index (χ0v) is 14.4. The number of nitrogens with zero attached hydrogens (tertiary/aromatic N) is 1. The normalized spacial score (nSPS) is 9.73. The molecular weight excluding hydrogens is 336 g/mol. The molecule has 2 rings (SSSR count). The summed E-state index contributed by atoms with van der Waals surface area (Å²) in [6.07, 6.45) is -0.00243. The second-order valence-electron chi connectivity index (χ2n) is 5.27. The predicted molar refractivity (Wildman–Crippen MR) is 94.0 cm³/mol. The van der Waals surface area contributed by atoms with Crippen LogP contribution in [0.2, 0.25) is 0 Å². The van der Waals surface area contributed by atoms with E-state index in [1.54, 1.807) is 36.4 Å². The first-order valence-electron chi connectivity index (χ1n) is 7.72. The van der Waals surface area contributed by atoms with E-state index in [2.05, 4.69) is 5.32 Å². The van der Waals surface area contributed by atoms with E-state index >= 15 is 0 Å². The number of ether oxygens (including phenoxy) is 3. The summed E-state index contributed by atoms with van der Waals surface area (Å²) in [5.41, 5.74) is 1.56. The van der Waals surface area contributed by atoms with E-state index in [9.17, 15) is 9.59 Å². The number of benzene rings is 2. The molecule has 2 aromatic carbocycles. The highest BCUT2D eigenvalue weighted by Gasteiger charge is 2.11. The monoisotopic (exact) mass is 354 g/mol. The fraction of sp³-hybridized carbons (Fsp3) is 0.211. The topological polar surface area (TPSA) is 97.6 Å². The summed E-state index contributed by atoms with van der Waals surface area (Å²) in [6, 6.07) is 13.5. The van der Waals surface area contributed by atoms with Gasteiger partial charge in [-0.15, -0.1) is 0 Å². The molecular formula is C19H18N2O5. The molecule has 7 nitrogen and oxygen atoms in total. The van der Waals surface area contributed by atoms with Crippen LogP contribution in [0.1, 0.15) is 11.1 Å². The van der Waals surface area contributed by atoms with Crippen molar-refractivity contribution < 1.29 is 23.8 Å². The van der Waals surface area contributed by atoms with Crippen LogP contribution in [-0.2, 0) is 20.7 Å². The Morgan fingerprint density at radius 1 is 1.08 bits per heavy atom. The van der Waals surface area contributed by atoms with Gasteiger partial charge >= 0.3 is 5.97 Å². The zero-order valence-electron chi connectivity index (χ0n) is 14.4. The van der Waals surface area contributed by atoms with E-state index in [1.807, 2.05) is 6.07 Å². The molecule has 0 spiro atoms. The quantitative estimate of drug-likeness (QED) is 0.766. The summed E-state index contributed by atoms with van der Waals surface area (Å²) in [5.74, 6) is 0.0374. The number of rotatable bonds is 7.